The number of amides is 1. The van der Waals surface area contributed by atoms with Crippen LogP contribution in [0.2, 0.25) is 0 Å². The number of carbonyl (C=O) groups excluding carboxylic acids is 1. The number of nitrogens with one attached hydrogen (secondary N) is 1. The first kappa shape index (κ1) is 23.7. The van der Waals surface area contributed by atoms with E-state index in [4.69, 9.17) is 0 Å². The van der Waals surface area contributed by atoms with E-state index in [1.807, 2.05) is 71.3 Å². The lowest BCUT2D eigenvalue weighted by atomic mass is 10.2. The molecule has 1 heterocycles. The van der Waals surface area contributed by atoms with Gasteiger partial charge in [-0.3, -0.25) is 9.36 Å². The molecule has 33 heavy (non-hydrogen) atoms. The monoisotopic (exact) mass is 681 g/mol. The van der Waals surface area contributed by atoms with Crippen LogP contribution in [0.1, 0.15) is 5.56 Å². The van der Waals surface area contributed by atoms with E-state index in [2.05, 4.69) is 65.9 Å². The van der Waals surface area contributed by atoms with E-state index in [-0.39, 0.29) is 17.4 Å². The fourth-order valence-electron chi connectivity index (χ4n) is 2.97. The summed E-state index contributed by atoms with van der Waals surface area (Å²) in [6.45, 7) is 0. The number of nitrogens with zero attached hydrogens (tertiary/aromatic N) is 4. The van der Waals surface area contributed by atoms with Gasteiger partial charge in [-0.15, -0.1) is 10.2 Å². The minimum absolute atomic E-state index is 0.104. The molecule has 0 aliphatic carbocycles. The fourth-order valence-corrected chi connectivity index (χ4v) is 5.60. The average molecular weight is 681 g/mol. The van der Waals surface area contributed by atoms with Crippen molar-refractivity contribution in [1.82, 2.24) is 20.2 Å². The molecule has 2 N–H and O–H groups in total. The molecule has 10 heteroatoms. The van der Waals surface area contributed by atoms with Crippen molar-refractivity contribution in [2.75, 3.05) is 5.75 Å². The summed E-state index contributed by atoms with van der Waals surface area (Å²) < 4.78 is 3.62. The Kier molecular flexibility index (Phi) is 7.98. The van der Waals surface area contributed by atoms with Crippen molar-refractivity contribution in [3.63, 3.8) is 0 Å². The molecule has 1 aromatic heterocycles. The van der Waals surface area contributed by atoms with E-state index in [1.54, 1.807) is 6.07 Å². The van der Waals surface area contributed by atoms with E-state index in [0.717, 1.165) is 18.4 Å². The van der Waals surface area contributed by atoms with Crippen molar-refractivity contribution in [1.29, 1.82) is 0 Å². The van der Waals surface area contributed by atoms with Crippen molar-refractivity contribution >= 4 is 69.1 Å². The molecular formula is C23H17I2N5O2S. The zero-order valence-electron chi connectivity index (χ0n) is 17.0. The second kappa shape index (κ2) is 11.1. The summed E-state index contributed by atoms with van der Waals surface area (Å²) in [6, 6.07) is 23.2. The number of rotatable bonds is 7. The number of hydrogen-bond donors (Lipinski definition) is 2. The molecule has 0 aliphatic rings. The molecule has 0 aliphatic heterocycles. The zero-order valence-corrected chi connectivity index (χ0v) is 22.2. The molecule has 4 rings (SSSR count). The number of halogens is 2. The van der Waals surface area contributed by atoms with E-state index in [9.17, 15) is 9.90 Å². The van der Waals surface area contributed by atoms with Crippen LogP contribution in [-0.4, -0.2) is 37.7 Å². The molecule has 0 saturated carbocycles. The third-order valence-electron chi connectivity index (χ3n) is 4.46. The maximum absolute atomic E-state index is 12.4. The number of aromatic nitrogens is 3. The van der Waals surface area contributed by atoms with Gasteiger partial charge in [0, 0.05) is 20.4 Å². The highest BCUT2D eigenvalue weighted by Gasteiger charge is 2.17. The van der Waals surface area contributed by atoms with E-state index >= 15 is 0 Å². The molecule has 0 spiro atoms. The van der Waals surface area contributed by atoms with Crippen LogP contribution in [0.5, 0.6) is 5.75 Å². The Morgan fingerprint density at radius 3 is 2.48 bits per heavy atom. The fraction of sp³-hybridized carbons (Fsp3) is 0.0435. The topological polar surface area (TPSA) is 92.4 Å². The van der Waals surface area contributed by atoms with Gasteiger partial charge in [0.2, 0.25) is 0 Å². The summed E-state index contributed by atoms with van der Waals surface area (Å²) in [5.74, 6) is 0.645. The quantitative estimate of drug-likeness (QED) is 0.123. The van der Waals surface area contributed by atoms with Crippen LogP contribution in [0.3, 0.4) is 0 Å². The van der Waals surface area contributed by atoms with Crippen LogP contribution in [0.15, 0.2) is 83.1 Å². The molecule has 4 aromatic rings. The van der Waals surface area contributed by atoms with Crippen molar-refractivity contribution in [3.05, 3.63) is 85.5 Å². The van der Waals surface area contributed by atoms with Crippen LogP contribution in [0.4, 0.5) is 0 Å². The maximum atomic E-state index is 12.4. The summed E-state index contributed by atoms with van der Waals surface area (Å²) in [6.07, 6.45) is 1.43. The Morgan fingerprint density at radius 1 is 1.06 bits per heavy atom. The van der Waals surface area contributed by atoms with Crippen molar-refractivity contribution < 1.29 is 9.90 Å². The third kappa shape index (κ3) is 5.92. The summed E-state index contributed by atoms with van der Waals surface area (Å²) >= 11 is 5.49. The molecule has 0 saturated heterocycles. The second-order valence-electron chi connectivity index (χ2n) is 6.75. The van der Waals surface area contributed by atoms with E-state index in [0.29, 0.717) is 16.5 Å². The van der Waals surface area contributed by atoms with Crippen molar-refractivity contribution in [2.24, 2.45) is 5.10 Å². The molecule has 0 unspecified atom stereocenters. The molecule has 0 bridgehead atoms. The van der Waals surface area contributed by atoms with Gasteiger partial charge >= 0.3 is 0 Å². The largest absolute Gasteiger partial charge is 0.506 e. The predicted octanol–water partition coefficient (Wildman–Crippen LogP) is 5.09. The summed E-state index contributed by atoms with van der Waals surface area (Å²) in [5.41, 5.74) is 4.88. The minimum atomic E-state index is -0.292. The summed E-state index contributed by atoms with van der Waals surface area (Å²) in [7, 11) is 0. The average Bonchev–Trinajstić information content (AvgIpc) is 3.26. The zero-order chi connectivity index (χ0) is 23.2. The summed E-state index contributed by atoms with van der Waals surface area (Å²) in [4.78, 5) is 12.4. The van der Waals surface area contributed by atoms with Gasteiger partial charge in [-0.2, -0.15) is 5.10 Å². The van der Waals surface area contributed by atoms with Crippen LogP contribution in [0.25, 0.3) is 17.1 Å². The van der Waals surface area contributed by atoms with Crippen molar-refractivity contribution in [2.45, 2.75) is 5.16 Å². The Balaban J connectivity index is 1.48. The number of hydrogen-bond acceptors (Lipinski definition) is 6. The number of phenolic OH excluding ortho intramolecular Hbond substituents is 1. The van der Waals surface area contributed by atoms with Gasteiger partial charge in [0.05, 0.1) is 15.5 Å². The normalized spacial score (nSPS) is 11.1. The molecule has 7 nitrogen and oxygen atoms in total. The molecule has 0 radical (unpaired) electrons. The Labute approximate surface area is 222 Å². The van der Waals surface area contributed by atoms with Crippen molar-refractivity contribution in [3.8, 4) is 22.8 Å². The molecule has 3 aromatic carbocycles. The Bertz CT molecular complexity index is 1300. The highest BCUT2D eigenvalue weighted by molar-refractivity contribution is 14.1. The molecule has 0 atom stereocenters. The SMILES string of the molecule is O=C(CSc1nnc(-c2ccccc2)n1-c1ccccc1)N/N=C/c1cc(I)cc(I)c1O. The number of benzene rings is 3. The van der Waals surface area contributed by atoms with E-state index in [1.165, 1.54) is 18.0 Å². The number of thioether (sulfide) groups is 1. The molecular weight excluding hydrogens is 664 g/mol. The van der Waals surface area contributed by atoms with Gasteiger partial charge in [-0.1, -0.05) is 60.3 Å². The number of carbonyl (C=O) groups is 1. The smallest absolute Gasteiger partial charge is 0.250 e. The van der Waals surface area contributed by atoms with Gasteiger partial charge in [-0.25, -0.2) is 5.43 Å². The first-order valence-corrected chi connectivity index (χ1v) is 12.9. The second-order valence-corrected chi connectivity index (χ2v) is 10.1. The number of aromatic hydroxyl groups is 1. The van der Waals surface area contributed by atoms with Crippen LogP contribution >= 0.6 is 56.9 Å². The first-order chi connectivity index (χ1) is 16.0. The third-order valence-corrected chi connectivity index (χ3v) is 6.84. The lowest BCUT2D eigenvalue weighted by molar-refractivity contribution is -0.118. The lowest BCUT2D eigenvalue weighted by Gasteiger charge is -2.10. The van der Waals surface area contributed by atoms with Gasteiger partial charge in [-0.05, 0) is 69.4 Å². The van der Waals surface area contributed by atoms with Gasteiger partial charge < -0.3 is 5.11 Å². The number of para-hydroxylation sites is 1. The van der Waals surface area contributed by atoms with Crippen LogP contribution in [-0.2, 0) is 4.79 Å². The maximum Gasteiger partial charge on any atom is 0.250 e. The van der Waals surface area contributed by atoms with Crippen LogP contribution in [0, 0.1) is 7.14 Å². The van der Waals surface area contributed by atoms with Gasteiger partial charge in [0.1, 0.15) is 5.75 Å². The highest BCUT2D eigenvalue weighted by atomic mass is 127. The van der Waals surface area contributed by atoms with E-state index < -0.39 is 0 Å². The predicted molar refractivity (Wildman–Crippen MR) is 147 cm³/mol. The molecule has 0 fully saturated rings. The molecule has 1 amide bonds. The van der Waals surface area contributed by atoms with Gasteiger partial charge in [0.25, 0.3) is 5.91 Å². The highest BCUT2D eigenvalue weighted by Crippen LogP contribution is 2.28. The minimum Gasteiger partial charge on any atom is -0.506 e. The van der Waals surface area contributed by atoms with Crippen LogP contribution < -0.4 is 5.43 Å². The standard InChI is InChI=1S/C23H17I2N5O2S/c24-17-11-16(21(32)19(25)12-17)13-26-27-20(31)14-33-23-29-28-22(15-7-3-1-4-8-15)30(23)18-9-5-2-6-10-18/h1-13,32H,14H2,(H,27,31)/b26-13+. The number of phenols is 1. The Hall–Kier alpha value is -2.45. The summed E-state index contributed by atoms with van der Waals surface area (Å²) in [5, 5.41) is 23.4. The first-order valence-electron chi connectivity index (χ1n) is 9.72. The van der Waals surface area contributed by atoms with Gasteiger partial charge in [0.15, 0.2) is 11.0 Å². The molecule has 166 valence electrons. The lowest BCUT2D eigenvalue weighted by Crippen LogP contribution is -2.20. The Morgan fingerprint density at radius 2 is 1.76 bits per heavy atom. The number of hydrazone groups is 1.